The summed E-state index contributed by atoms with van der Waals surface area (Å²) < 4.78 is 6.52. The summed E-state index contributed by atoms with van der Waals surface area (Å²) >= 11 is 2.31. The number of aromatic nitrogens is 2. The first-order chi connectivity index (χ1) is 8.22. The van der Waals surface area contributed by atoms with Gasteiger partial charge in [-0.2, -0.15) is 0 Å². The molecule has 0 spiro atoms. The lowest BCUT2D eigenvalue weighted by atomic mass is 10.1. The van der Waals surface area contributed by atoms with E-state index in [0.29, 0.717) is 5.92 Å². The van der Waals surface area contributed by atoms with Crippen LogP contribution in [-0.4, -0.2) is 29.7 Å². The molecular formula is C12H18IN3O. The fourth-order valence-electron chi connectivity index (χ4n) is 1.86. The lowest BCUT2D eigenvalue weighted by Gasteiger charge is -2.13. The van der Waals surface area contributed by atoms with E-state index in [-0.39, 0.29) is 0 Å². The maximum absolute atomic E-state index is 5.40. The molecule has 1 aliphatic rings. The van der Waals surface area contributed by atoms with Crippen LogP contribution in [0, 0.1) is 10.5 Å². The van der Waals surface area contributed by atoms with Crippen molar-refractivity contribution in [1.82, 2.24) is 9.97 Å². The van der Waals surface area contributed by atoms with Crippen LogP contribution in [0.4, 0.5) is 5.82 Å². The Kier molecular flexibility index (Phi) is 4.55. The predicted octanol–water partition coefficient (Wildman–Crippen LogP) is 2.72. The average molecular weight is 347 g/mol. The van der Waals surface area contributed by atoms with Crippen LogP contribution < -0.4 is 5.32 Å². The number of nitrogens with zero attached hydrogens (tertiary/aromatic N) is 2. The summed E-state index contributed by atoms with van der Waals surface area (Å²) in [4.78, 5) is 9.23. The van der Waals surface area contributed by atoms with Gasteiger partial charge >= 0.3 is 0 Å². The largest absolute Gasteiger partial charge is 0.381 e. The van der Waals surface area contributed by atoms with Crippen molar-refractivity contribution >= 4 is 28.4 Å². The van der Waals surface area contributed by atoms with Gasteiger partial charge in [-0.1, -0.05) is 6.92 Å². The molecule has 1 atom stereocenters. The fraction of sp³-hybridized carbons (Fsp3) is 0.667. The number of anilines is 1. The van der Waals surface area contributed by atoms with Crippen LogP contribution in [-0.2, 0) is 4.74 Å². The highest BCUT2D eigenvalue weighted by atomic mass is 127. The lowest BCUT2D eigenvalue weighted by Crippen LogP contribution is -2.12. The molecule has 17 heavy (non-hydrogen) atoms. The van der Waals surface area contributed by atoms with Gasteiger partial charge in [0.1, 0.15) is 11.6 Å². The predicted molar refractivity (Wildman–Crippen MR) is 76.4 cm³/mol. The molecule has 0 radical (unpaired) electrons. The zero-order valence-electron chi connectivity index (χ0n) is 10.3. The van der Waals surface area contributed by atoms with Crippen molar-refractivity contribution in [1.29, 1.82) is 0 Å². The van der Waals surface area contributed by atoms with E-state index >= 15 is 0 Å². The Morgan fingerprint density at radius 2 is 2.29 bits per heavy atom. The van der Waals surface area contributed by atoms with Gasteiger partial charge in [0.25, 0.3) is 0 Å². The Bertz CT molecular complexity index is 392. The summed E-state index contributed by atoms with van der Waals surface area (Å²) in [5, 5.41) is 3.37. The summed E-state index contributed by atoms with van der Waals surface area (Å²) in [5.74, 6) is 2.27. The van der Waals surface area contributed by atoms with Gasteiger partial charge in [0, 0.05) is 19.1 Å². The molecule has 0 saturated carbocycles. The lowest BCUT2D eigenvalue weighted by molar-refractivity contribution is 0.193. The van der Waals surface area contributed by atoms with E-state index in [2.05, 4.69) is 44.8 Å². The number of rotatable bonds is 4. The highest BCUT2D eigenvalue weighted by Crippen LogP contribution is 2.26. The summed E-state index contributed by atoms with van der Waals surface area (Å²) in [5.41, 5.74) is 1.06. The molecular weight excluding hydrogens is 329 g/mol. The number of hydrogen-bond acceptors (Lipinski definition) is 4. The Balaban J connectivity index is 2.24. The van der Waals surface area contributed by atoms with E-state index in [4.69, 9.17) is 4.74 Å². The van der Waals surface area contributed by atoms with Crippen LogP contribution in [0.1, 0.15) is 37.2 Å². The molecule has 1 aliphatic heterocycles. The Labute approximate surface area is 116 Å². The second-order valence-corrected chi connectivity index (χ2v) is 5.40. The average Bonchev–Trinajstić information content (AvgIpc) is 2.84. The Morgan fingerprint density at radius 1 is 1.47 bits per heavy atom. The van der Waals surface area contributed by atoms with Gasteiger partial charge in [-0.15, -0.1) is 0 Å². The van der Waals surface area contributed by atoms with Crippen LogP contribution in [0.2, 0.25) is 0 Å². The number of hydrogen-bond donors (Lipinski definition) is 1. The molecule has 94 valence electrons. The van der Waals surface area contributed by atoms with E-state index in [1.54, 1.807) is 0 Å². The fourth-order valence-corrected chi connectivity index (χ4v) is 2.29. The Morgan fingerprint density at radius 3 is 2.94 bits per heavy atom. The van der Waals surface area contributed by atoms with Crippen molar-refractivity contribution in [2.75, 3.05) is 25.1 Å². The molecule has 5 heteroatoms. The maximum atomic E-state index is 5.40. The first-order valence-electron chi connectivity index (χ1n) is 6.08. The molecule has 2 heterocycles. The van der Waals surface area contributed by atoms with Gasteiger partial charge in [-0.3, -0.25) is 0 Å². The molecule has 1 saturated heterocycles. The normalized spacial score (nSPS) is 19.6. The second kappa shape index (κ2) is 5.95. The maximum Gasteiger partial charge on any atom is 0.143 e. The smallest absolute Gasteiger partial charge is 0.143 e. The highest BCUT2D eigenvalue weighted by molar-refractivity contribution is 14.1. The summed E-state index contributed by atoms with van der Waals surface area (Å²) in [6.45, 7) is 6.73. The third-order valence-corrected chi connectivity index (χ3v) is 4.16. The first kappa shape index (κ1) is 13.0. The van der Waals surface area contributed by atoms with Crippen LogP contribution in [0.15, 0.2) is 0 Å². The molecule has 4 nitrogen and oxygen atoms in total. The summed E-state index contributed by atoms with van der Waals surface area (Å²) in [7, 11) is 0. The molecule has 0 aromatic carbocycles. The van der Waals surface area contributed by atoms with Crippen molar-refractivity contribution in [3.63, 3.8) is 0 Å². The van der Waals surface area contributed by atoms with Crippen molar-refractivity contribution < 1.29 is 4.74 Å². The minimum Gasteiger partial charge on any atom is -0.381 e. The standard InChI is InChI=1S/C12H18IN3O/c1-3-5-14-12-10(13)8(2)15-11(16-12)9-4-6-17-7-9/h9H,3-7H2,1-2H3,(H,14,15,16). The summed E-state index contributed by atoms with van der Waals surface area (Å²) in [6.07, 6.45) is 2.13. The molecule has 0 amide bonds. The zero-order valence-corrected chi connectivity index (χ0v) is 12.5. The van der Waals surface area contributed by atoms with Crippen LogP contribution >= 0.6 is 22.6 Å². The number of halogens is 1. The molecule has 1 unspecified atom stereocenters. The van der Waals surface area contributed by atoms with Crippen LogP contribution in [0.3, 0.4) is 0 Å². The topological polar surface area (TPSA) is 47.0 Å². The van der Waals surface area contributed by atoms with Crippen LogP contribution in [0.5, 0.6) is 0 Å². The number of ether oxygens (including phenoxy) is 1. The second-order valence-electron chi connectivity index (χ2n) is 4.32. The monoisotopic (exact) mass is 347 g/mol. The van der Waals surface area contributed by atoms with Crippen LogP contribution in [0.25, 0.3) is 0 Å². The molecule has 1 fully saturated rings. The van der Waals surface area contributed by atoms with Gasteiger partial charge in [0.15, 0.2) is 0 Å². The van der Waals surface area contributed by atoms with Crippen molar-refractivity contribution in [2.24, 2.45) is 0 Å². The minimum atomic E-state index is 0.368. The van der Waals surface area contributed by atoms with E-state index in [9.17, 15) is 0 Å². The minimum absolute atomic E-state index is 0.368. The van der Waals surface area contributed by atoms with Gasteiger partial charge in [-0.05, 0) is 42.4 Å². The van der Waals surface area contributed by atoms with Gasteiger partial charge in [0.05, 0.1) is 15.9 Å². The SMILES string of the molecule is CCCNc1nc(C2CCOC2)nc(C)c1I. The highest BCUT2D eigenvalue weighted by Gasteiger charge is 2.22. The van der Waals surface area contributed by atoms with Crippen molar-refractivity contribution in [3.8, 4) is 0 Å². The third-order valence-electron chi connectivity index (χ3n) is 2.87. The van der Waals surface area contributed by atoms with Crippen molar-refractivity contribution in [3.05, 3.63) is 15.1 Å². The molecule has 1 aromatic heterocycles. The van der Waals surface area contributed by atoms with Gasteiger partial charge < -0.3 is 10.1 Å². The van der Waals surface area contributed by atoms with Crippen molar-refractivity contribution in [2.45, 2.75) is 32.6 Å². The molecule has 0 aliphatic carbocycles. The van der Waals surface area contributed by atoms with E-state index in [1.165, 1.54) is 0 Å². The van der Waals surface area contributed by atoms with Gasteiger partial charge in [0.2, 0.25) is 0 Å². The zero-order chi connectivity index (χ0) is 12.3. The Hall–Kier alpha value is -0.430. The first-order valence-corrected chi connectivity index (χ1v) is 7.16. The van der Waals surface area contributed by atoms with Gasteiger partial charge in [-0.25, -0.2) is 9.97 Å². The summed E-state index contributed by atoms with van der Waals surface area (Å²) in [6, 6.07) is 0. The molecule has 1 N–H and O–H groups in total. The quantitative estimate of drug-likeness (QED) is 0.851. The van der Waals surface area contributed by atoms with E-state index in [1.807, 2.05) is 6.92 Å². The number of nitrogens with one attached hydrogen (secondary N) is 1. The third kappa shape index (κ3) is 3.07. The molecule has 1 aromatic rings. The molecule has 0 bridgehead atoms. The number of aryl methyl sites for hydroxylation is 1. The van der Waals surface area contributed by atoms with E-state index < -0.39 is 0 Å². The van der Waals surface area contributed by atoms with E-state index in [0.717, 1.165) is 53.5 Å². The molecule has 2 rings (SSSR count).